The van der Waals surface area contributed by atoms with Crippen molar-refractivity contribution < 1.29 is 9.18 Å². The van der Waals surface area contributed by atoms with E-state index in [0.29, 0.717) is 23.1 Å². The summed E-state index contributed by atoms with van der Waals surface area (Å²) in [6.07, 6.45) is 0. The first-order chi connectivity index (χ1) is 9.74. The Morgan fingerprint density at radius 1 is 1.10 bits per heavy atom. The fourth-order valence-corrected chi connectivity index (χ4v) is 2.11. The Balaban J connectivity index is 1.77. The van der Waals surface area contributed by atoms with Crippen molar-refractivity contribution in [3.8, 4) is 0 Å². The maximum absolute atomic E-state index is 13.6. The highest BCUT2D eigenvalue weighted by atomic mass is 19.1. The molecule has 0 aliphatic carbocycles. The highest BCUT2D eigenvalue weighted by Gasteiger charge is 2.11. The number of halogens is 1. The number of aromatic nitrogens is 1. The number of fused-ring (bicyclic) bond motifs is 1. The van der Waals surface area contributed by atoms with Crippen LogP contribution in [0, 0.1) is 5.82 Å². The minimum Gasteiger partial charge on any atom is -0.348 e. The van der Waals surface area contributed by atoms with Crippen LogP contribution in [0.25, 0.3) is 10.9 Å². The molecule has 1 aromatic heterocycles. The summed E-state index contributed by atoms with van der Waals surface area (Å²) < 4.78 is 13.6. The van der Waals surface area contributed by atoms with Crippen LogP contribution in [-0.2, 0) is 6.54 Å². The molecule has 0 saturated heterocycles. The molecule has 0 atom stereocenters. The smallest absolute Gasteiger partial charge is 0.267 e. The van der Waals surface area contributed by atoms with Crippen molar-refractivity contribution in [3.05, 3.63) is 71.7 Å². The lowest BCUT2D eigenvalue weighted by atomic mass is 10.2. The third kappa shape index (κ3) is 2.40. The zero-order valence-electron chi connectivity index (χ0n) is 10.7. The number of amides is 1. The molecule has 0 unspecified atom stereocenters. The fraction of sp³-hybridized carbons (Fsp3) is 0.0625. The van der Waals surface area contributed by atoms with Gasteiger partial charge >= 0.3 is 0 Å². The maximum Gasteiger partial charge on any atom is 0.267 e. The molecule has 3 nitrogen and oxygen atoms in total. The number of H-pyrrole nitrogens is 1. The summed E-state index contributed by atoms with van der Waals surface area (Å²) in [6.45, 7) is 0.442. The molecule has 1 amide bonds. The second-order valence-corrected chi connectivity index (χ2v) is 4.56. The number of carbonyl (C=O) groups excluding carboxylic acids is 1. The first-order valence-corrected chi connectivity index (χ1v) is 6.33. The number of aromatic amines is 1. The first-order valence-electron chi connectivity index (χ1n) is 6.33. The summed E-state index contributed by atoms with van der Waals surface area (Å²) in [5.41, 5.74) is 1.74. The lowest BCUT2D eigenvalue weighted by Crippen LogP contribution is -2.22. The molecule has 4 heteroatoms. The average molecular weight is 268 g/mol. The zero-order valence-corrected chi connectivity index (χ0v) is 10.7. The van der Waals surface area contributed by atoms with E-state index >= 15 is 0 Å². The molecule has 3 rings (SSSR count). The molecular weight excluding hydrogens is 255 g/mol. The van der Waals surface area contributed by atoms with E-state index in [1.807, 2.05) is 30.3 Å². The van der Waals surface area contributed by atoms with Crippen LogP contribution < -0.4 is 5.32 Å². The molecule has 0 saturated carbocycles. The minimum absolute atomic E-state index is 0.246. The number of para-hydroxylation sites is 1. The van der Waals surface area contributed by atoms with E-state index < -0.39 is 0 Å². The quantitative estimate of drug-likeness (QED) is 0.752. The molecule has 20 heavy (non-hydrogen) atoms. The molecule has 0 radical (unpaired) electrons. The lowest BCUT2D eigenvalue weighted by molar-refractivity contribution is 0.0947. The highest BCUT2D eigenvalue weighted by Crippen LogP contribution is 2.18. The minimum atomic E-state index is -0.357. The van der Waals surface area contributed by atoms with Gasteiger partial charge in [0.25, 0.3) is 5.91 Å². The number of nitrogens with one attached hydrogen (secondary N) is 2. The normalized spacial score (nSPS) is 10.7. The molecule has 0 bridgehead atoms. The summed E-state index contributed by atoms with van der Waals surface area (Å²) in [5, 5.41) is 3.49. The third-order valence-electron chi connectivity index (χ3n) is 3.15. The van der Waals surface area contributed by atoms with E-state index in [1.165, 1.54) is 6.07 Å². The Kier molecular flexibility index (Phi) is 3.21. The Morgan fingerprint density at radius 2 is 1.90 bits per heavy atom. The molecule has 3 aromatic rings. The van der Waals surface area contributed by atoms with Gasteiger partial charge in [-0.2, -0.15) is 0 Å². The molecule has 100 valence electrons. The largest absolute Gasteiger partial charge is 0.348 e. The van der Waals surface area contributed by atoms with Crippen molar-refractivity contribution in [2.75, 3.05) is 0 Å². The standard InChI is InChI=1S/C16H13FN2O/c17-13-8-4-7-12-9-14(19-15(12)13)16(20)18-10-11-5-2-1-3-6-11/h1-9,19H,10H2,(H,18,20). The molecule has 2 aromatic carbocycles. The first kappa shape index (κ1) is 12.4. The van der Waals surface area contributed by atoms with Crippen molar-refractivity contribution in [1.82, 2.24) is 10.3 Å². The van der Waals surface area contributed by atoms with Crippen LogP contribution in [0.4, 0.5) is 4.39 Å². The second kappa shape index (κ2) is 5.17. The Bertz CT molecular complexity index is 750. The van der Waals surface area contributed by atoms with Gasteiger partial charge in [0.1, 0.15) is 11.5 Å². The van der Waals surface area contributed by atoms with Crippen LogP contribution in [0.5, 0.6) is 0 Å². The molecular formula is C16H13FN2O. The van der Waals surface area contributed by atoms with Gasteiger partial charge in [-0.05, 0) is 17.7 Å². The topological polar surface area (TPSA) is 44.9 Å². The second-order valence-electron chi connectivity index (χ2n) is 4.56. The fourth-order valence-electron chi connectivity index (χ4n) is 2.11. The van der Waals surface area contributed by atoms with E-state index in [0.717, 1.165) is 5.56 Å². The van der Waals surface area contributed by atoms with Gasteiger partial charge in [-0.3, -0.25) is 4.79 Å². The molecule has 0 aliphatic heterocycles. The predicted molar refractivity (Wildman–Crippen MR) is 75.9 cm³/mol. The predicted octanol–water partition coefficient (Wildman–Crippen LogP) is 3.24. The van der Waals surface area contributed by atoms with Gasteiger partial charge in [0.05, 0.1) is 5.52 Å². The van der Waals surface area contributed by atoms with Gasteiger partial charge in [0, 0.05) is 11.9 Å². The summed E-state index contributed by atoms with van der Waals surface area (Å²) in [4.78, 5) is 14.8. The van der Waals surface area contributed by atoms with Crippen LogP contribution in [0.1, 0.15) is 16.1 Å². The van der Waals surface area contributed by atoms with Gasteiger partial charge in [0.2, 0.25) is 0 Å². The Labute approximate surface area is 115 Å². The number of rotatable bonds is 3. The number of hydrogen-bond donors (Lipinski definition) is 2. The average Bonchev–Trinajstić information content (AvgIpc) is 2.91. The van der Waals surface area contributed by atoms with Gasteiger partial charge in [0.15, 0.2) is 0 Å². The monoisotopic (exact) mass is 268 g/mol. The maximum atomic E-state index is 13.6. The molecule has 0 fully saturated rings. The molecule has 1 heterocycles. The number of benzene rings is 2. The van der Waals surface area contributed by atoms with Crippen LogP contribution >= 0.6 is 0 Å². The van der Waals surface area contributed by atoms with Crippen LogP contribution in [0.15, 0.2) is 54.6 Å². The van der Waals surface area contributed by atoms with Gasteiger partial charge < -0.3 is 10.3 Å². The van der Waals surface area contributed by atoms with E-state index in [2.05, 4.69) is 10.3 Å². The zero-order chi connectivity index (χ0) is 13.9. The number of carbonyl (C=O) groups is 1. The van der Waals surface area contributed by atoms with Crippen LogP contribution in [-0.4, -0.2) is 10.9 Å². The van der Waals surface area contributed by atoms with Gasteiger partial charge in [-0.1, -0.05) is 42.5 Å². The Morgan fingerprint density at radius 3 is 2.65 bits per heavy atom. The van der Waals surface area contributed by atoms with Crippen molar-refractivity contribution in [1.29, 1.82) is 0 Å². The highest BCUT2D eigenvalue weighted by molar-refractivity contribution is 5.98. The summed E-state index contributed by atoms with van der Waals surface area (Å²) >= 11 is 0. The van der Waals surface area contributed by atoms with E-state index in [1.54, 1.807) is 18.2 Å². The van der Waals surface area contributed by atoms with E-state index in [9.17, 15) is 9.18 Å². The van der Waals surface area contributed by atoms with E-state index in [-0.39, 0.29) is 11.7 Å². The summed E-state index contributed by atoms with van der Waals surface area (Å²) in [6, 6.07) is 16.0. The van der Waals surface area contributed by atoms with Gasteiger partial charge in [-0.25, -0.2) is 4.39 Å². The van der Waals surface area contributed by atoms with Crippen LogP contribution in [0.3, 0.4) is 0 Å². The summed E-state index contributed by atoms with van der Waals surface area (Å²) in [7, 11) is 0. The SMILES string of the molecule is O=C(NCc1ccccc1)c1cc2cccc(F)c2[nH]1. The number of hydrogen-bond acceptors (Lipinski definition) is 1. The molecule has 0 spiro atoms. The van der Waals surface area contributed by atoms with Crippen LogP contribution in [0.2, 0.25) is 0 Å². The van der Waals surface area contributed by atoms with Crippen molar-refractivity contribution >= 4 is 16.8 Å². The van der Waals surface area contributed by atoms with Crippen molar-refractivity contribution in [3.63, 3.8) is 0 Å². The third-order valence-corrected chi connectivity index (χ3v) is 3.15. The van der Waals surface area contributed by atoms with Crippen molar-refractivity contribution in [2.45, 2.75) is 6.54 Å². The molecule has 2 N–H and O–H groups in total. The molecule has 0 aliphatic rings. The lowest BCUT2D eigenvalue weighted by Gasteiger charge is -2.03. The van der Waals surface area contributed by atoms with Crippen molar-refractivity contribution in [2.24, 2.45) is 0 Å². The van der Waals surface area contributed by atoms with E-state index in [4.69, 9.17) is 0 Å². The summed E-state index contributed by atoms with van der Waals surface area (Å²) in [5.74, 6) is -0.603. The Hall–Kier alpha value is -2.62. The van der Waals surface area contributed by atoms with Gasteiger partial charge in [-0.15, -0.1) is 0 Å².